The van der Waals surface area contributed by atoms with Gasteiger partial charge in [0.1, 0.15) is 11.6 Å². The quantitative estimate of drug-likeness (QED) is 0.304. The van der Waals surface area contributed by atoms with Crippen LogP contribution in [0, 0.1) is 5.82 Å². The van der Waals surface area contributed by atoms with Crippen molar-refractivity contribution in [2.75, 3.05) is 46.5 Å². The Morgan fingerprint density at radius 1 is 1.16 bits per heavy atom. The molecule has 2 aromatic rings. The summed E-state index contributed by atoms with van der Waals surface area (Å²) in [5, 5.41) is 6.75. The maximum Gasteiger partial charge on any atom is 0.191 e. The Balaban J connectivity index is 0.00000341. The molecule has 0 radical (unpaired) electrons. The number of aliphatic imine (C=N–C) groups is 1. The van der Waals surface area contributed by atoms with Gasteiger partial charge in [0, 0.05) is 38.8 Å². The van der Waals surface area contributed by atoms with Crippen molar-refractivity contribution in [3.05, 3.63) is 65.5 Å². The Morgan fingerprint density at radius 2 is 1.94 bits per heavy atom. The highest BCUT2D eigenvalue weighted by molar-refractivity contribution is 14.0. The first-order valence-electron chi connectivity index (χ1n) is 10.4. The number of nitrogens with one attached hydrogen (secondary N) is 2. The second kappa shape index (κ2) is 13.5. The Hall–Kier alpha value is -1.91. The lowest BCUT2D eigenvalue weighted by molar-refractivity contribution is 0.0169. The highest BCUT2D eigenvalue weighted by atomic mass is 127. The SMILES string of the molecule is CCOc1ccccc1CNC(=NC)NCC(c1cccc(F)c1)N1CCOCC1.I. The number of hydrogen-bond acceptors (Lipinski definition) is 4. The van der Waals surface area contributed by atoms with Crippen LogP contribution in [0.15, 0.2) is 53.5 Å². The lowest BCUT2D eigenvalue weighted by atomic mass is 10.0. The summed E-state index contributed by atoms with van der Waals surface area (Å²) in [6.45, 7) is 6.81. The Labute approximate surface area is 201 Å². The third-order valence-electron chi connectivity index (χ3n) is 5.13. The number of benzene rings is 2. The molecule has 0 amide bonds. The van der Waals surface area contributed by atoms with Gasteiger partial charge in [-0.15, -0.1) is 24.0 Å². The zero-order valence-electron chi connectivity index (χ0n) is 18.1. The molecule has 8 heteroatoms. The summed E-state index contributed by atoms with van der Waals surface area (Å²) in [7, 11) is 1.75. The Morgan fingerprint density at radius 3 is 2.65 bits per heavy atom. The molecule has 31 heavy (non-hydrogen) atoms. The number of morpholine rings is 1. The fourth-order valence-corrected chi connectivity index (χ4v) is 3.60. The minimum absolute atomic E-state index is 0. The standard InChI is InChI=1S/C23H31FN4O2.HI/c1-3-30-22-10-5-4-7-19(22)16-26-23(25-2)27-17-21(28-11-13-29-14-12-28)18-8-6-9-20(24)15-18;/h4-10,15,21H,3,11-14,16-17H2,1-2H3,(H2,25,26,27);1H. The van der Waals surface area contributed by atoms with Gasteiger partial charge in [0.25, 0.3) is 0 Å². The predicted molar refractivity (Wildman–Crippen MR) is 133 cm³/mol. The van der Waals surface area contributed by atoms with Crippen LogP contribution in [0.3, 0.4) is 0 Å². The molecule has 1 aliphatic heterocycles. The van der Waals surface area contributed by atoms with E-state index in [1.807, 2.05) is 37.3 Å². The number of rotatable bonds is 8. The maximum absolute atomic E-state index is 13.9. The van der Waals surface area contributed by atoms with E-state index in [0.717, 1.165) is 30.0 Å². The second-order valence-electron chi connectivity index (χ2n) is 7.07. The Kier molecular flexibility index (Phi) is 11.0. The molecule has 2 N–H and O–H groups in total. The van der Waals surface area contributed by atoms with Crippen LogP contribution in [0.25, 0.3) is 0 Å². The van der Waals surface area contributed by atoms with E-state index in [-0.39, 0.29) is 35.8 Å². The van der Waals surface area contributed by atoms with Gasteiger partial charge >= 0.3 is 0 Å². The summed E-state index contributed by atoms with van der Waals surface area (Å²) in [5.41, 5.74) is 2.01. The van der Waals surface area contributed by atoms with Crippen molar-refractivity contribution in [1.82, 2.24) is 15.5 Å². The van der Waals surface area contributed by atoms with Crippen molar-refractivity contribution in [2.45, 2.75) is 19.5 Å². The zero-order chi connectivity index (χ0) is 21.2. The molecular weight excluding hydrogens is 510 g/mol. The average Bonchev–Trinajstić information content (AvgIpc) is 2.78. The van der Waals surface area contributed by atoms with Crippen LogP contribution in [0.4, 0.5) is 4.39 Å². The monoisotopic (exact) mass is 542 g/mol. The van der Waals surface area contributed by atoms with Crippen LogP contribution in [0.1, 0.15) is 24.1 Å². The maximum atomic E-state index is 13.9. The van der Waals surface area contributed by atoms with E-state index < -0.39 is 0 Å². The second-order valence-corrected chi connectivity index (χ2v) is 7.07. The topological polar surface area (TPSA) is 58.1 Å². The van der Waals surface area contributed by atoms with Gasteiger partial charge in [0.05, 0.1) is 25.9 Å². The highest BCUT2D eigenvalue weighted by Gasteiger charge is 2.23. The van der Waals surface area contributed by atoms with E-state index >= 15 is 0 Å². The number of guanidine groups is 1. The molecule has 2 aromatic carbocycles. The molecule has 3 rings (SSSR count). The van der Waals surface area contributed by atoms with Crippen LogP contribution in [-0.2, 0) is 11.3 Å². The van der Waals surface area contributed by atoms with Gasteiger partial charge in [0.15, 0.2) is 5.96 Å². The fourth-order valence-electron chi connectivity index (χ4n) is 3.60. The van der Waals surface area contributed by atoms with Gasteiger partial charge in [-0.2, -0.15) is 0 Å². The van der Waals surface area contributed by atoms with Crippen molar-refractivity contribution < 1.29 is 13.9 Å². The van der Waals surface area contributed by atoms with Crippen molar-refractivity contribution in [1.29, 1.82) is 0 Å². The Bertz CT molecular complexity index is 831. The third kappa shape index (κ3) is 7.62. The van der Waals surface area contributed by atoms with Crippen molar-refractivity contribution >= 4 is 29.9 Å². The molecule has 0 bridgehead atoms. The summed E-state index contributed by atoms with van der Waals surface area (Å²) in [4.78, 5) is 6.67. The highest BCUT2D eigenvalue weighted by Crippen LogP contribution is 2.22. The van der Waals surface area contributed by atoms with Gasteiger partial charge in [-0.25, -0.2) is 4.39 Å². The summed E-state index contributed by atoms with van der Waals surface area (Å²) in [6, 6.07) is 14.8. The van der Waals surface area contributed by atoms with Crippen LogP contribution in [-0.4, -0.2) is 57.4 Å². The van der Waals surface area contributed by atoms with Gasteiger partial charge in [-0.05, 0) is 30.7 Å². The van der Waals surface area contributed by atoms with Crippen LogP contribution in [0.5, 0.6) is 5.75 Å². The van der Waals surface area contributed by atoms with Crippen LogP contribution < -0.4 is 15.4 Å². The van der Waals surface area contributed by atoms with E-state index in [4.69, 9.17) is 9.47 Å². The average molecular weight is 542 g/mol. The summed E-state index contributed by atoms with van der Waals surface area (Å²) in [5.74, 6) is 1.34. The first kappa shape index (κ1) is 25.4. The normalized spacial score (nSPS) is 15.6. The lowest BCUT2D eigenvalue weighted by Gasteiger charge is -2.35. The molecule has 1 fully saturated rings. The van der Waals surface area contributed by atoms with Crippen molar-refractivity contribution in [2.24, 2.45) is 4.99 Å². The number of para-hydroxylation sites is 1. The molecule has 170 valence electrons. The molecule has 0 saturated carbocycles. The third-order valence-corrected chi connectivity index (χ3v) is 5.13. The molecule has 1 unspecified atom stereocenters. The molecule has 1 heterocycles. The van der Waals surface area contributed by atoms with Crippen LogP contribution >= 0.6 is 24.0 Å². The minimum atomic E-state index is -0.221. The minimum Gasteiger partial charge on any atom is -0.494 e. The summed E-state index contributed by atoms with van der Waals surface area (Å²) >= 11 is 0. The molecular formula is C23H32FIN4O2. The summed E-state index contributed by atoms with van der Waals surface area (Å²) < 4.78 is 25.0. The fraction of sp³-hybridized carbons (Fsp3) is 0.435. The molecule has 0 aliphatic carbocycles. The molecule has 1 saturated heterocycles. The van der Waals surface area contributed by atoms with Gasteiger partial charge in [0.2, 0.25) is 0 Å². The largest absolute Gasteiger partial charge is 0.494 e. The molecule has 1 aliphatic rings. The van der Waals surface area contributed by atoms with Gasteiger partial charge < -0.3 is 20.1 Å². The number of hydrogen-bond donors (Lipinski definition) is 2. The molecule has 1 atom stereocenters. The number of nitrogens with zero attached hydrogens (tertiary/aromatic N) is 2. The van der Waals surface area contributed by atoms with Crippen molar-refractivity contribution in [3.63, 3.8) is 0 Å². The van der Waals surface area contributed by atoms with E-state index in [0.29, 0.717) is 38.9 Å². The zero-order valence-corrected chi connectivity index (χ0v) is 20.5. The lowest BCUT2D eigenvalue weighted by Crippen LogP contribution is -2.46. The first-order chi connectivity index (χ1) is 14.7. The van der Waals surface area contributed by atoms with E-state index in [9.17, 15) is 4.39 Å². The smallest absolute Gasteiger partial charge is 0.191 e. The van der Waals surface area contributed by atoms with E-state index in [1.165, 1.54) is 6.07 Å². The van der Waals surface area contributed by atoms with E-state index in [2.05, 4.69) is 20.5 Å². The molecule has 0 aromatic heterocycles. The predicted octanol–water partition coefficient (Wildman–Crippen LogP) is 3.58. The summed E-state index contributed by atoms with van der Waals surface area (Å²) in [6.07, 6.45) is 0. The number of ether oxygens (including phenoxy) is 2. The van der Waals surface area contributed by atoms with Gasteiger partial charge in [-0.1, -0.05) is 30.3 Å². The van der Waals surface area contributed by atoms with E-state index in [1.54, 1.807) is 19.2 Å². The molecule has 0 spiro atoms. The van der Waals surface area contributed by atoms with Crippen LogP contribution in [0.2, 0.25) is 0 Å². The van der Waals surface area contributed by atoms with Crippen molar-refractivity contribution in [3.8, 4) is 5.75 Å². The molecule has 6 nitrogen and oxygen atoms in total. The van der Waals surface area contributed by atoms with Gasteiger partial charge in [-0.3, -0.25) is 9.89 Å². The first-order valence-corrected chi connectivity index (χ1v) is 10.4. The number of halogens is 2.